The van der Waals surface area contributed by atoms with E-state index in [0.717, 1.165) is 11.7 Å². The van der Waals surface area contributed by atoms with Crippen molar-refractivity contribution in [2.24, 2.45) is 0 Å². The van der Waals surface area contributed by atoms with Crippen LogP contribution in [0.3, 0.4) is 0 Å². The van der Waals surface area contributed by atoms with Crippen molar-refractivity contribution < 1.29 is 34.0 Å². The monoisotopic (exact) mass is 805 g/mol. The Morgan fingerprint density at radius 3 is 1.55 bits per heavy atom. The Morgan fingerprint density at radius 2 is 1.06 bits per heavy atom. The van der Waals surface area contributed by atoms with E-state index in [-0.39, 0.29) is 34.0 Å². The number of rotatable bonds is 8. The standard InChI is InChI=1S/C37H33NP.C7H9P.2BrH/c1-28(2)32-25-31-16-13-23-38-37(31)36(26-32)30-15-12-14-29(24-30)27-39(33-17-6-3-7-18-33,34-19-8-4-9-20-34)35-21-10-5-11-22-35;8-6-7-4-2-1-3-5-7;;/h3-26,28H,27H2,1-2H3;1-5H,6,8H2;2*1H/q+1;;;/p-1. The molecule has 1 nitrogen and oxygen atoms in total. The lowest BCUT2D eigenvalue weighted by atomic mass is 9.93. The molecule has 0 N–H and O–H groups in total. The van der Waals surface area contributed by atoms with Gasteiger partial charge in [0.25, 0.3) is 0 Å². The fraction of sp³-hybridized carbons (Fsp3) is 0.114. The van der Waals surface area contributed by atoms with E-state index >= 15 is 0 Å². The summed E-state index contributed by atoms with van der Waals surface area (Å²) in [4.78, 5) is 4.81. The minimum atomic E-state index is -1.98. The number of aromatic nitrogens is 1. The van der Waals surface area contributed by atoms with E-state index in [0.29, 0.717) is 5.92 Å². The largest absolute Gasteiger partial charge is 1.00 e. The molecule has 1 atom stereocenters. The van der Waals surface area contributed by atoms with Gasteiger partial charge in [0.05, 0.1) is 17.8 Å². The van der Waals surface area contributed by atoms with Gasteiger partial charge in [-0.2, -0.15) is 0 Å². The molecular formula is C44H43Br2NP2. The van der Waals surface area contributed by atoms with Crippen LogP contribution in [-0.4, -0.2) is 4.98 Å². The van der Waals surface area contributed by atoms with Gasteiger partial charge >= 0.3 is 0 Å². The van der Waals surface area contributed by atoms with E-state index in [1.165, 1.54) is 55.3 Å². The zero-order chi connectivity index (χ0) is 32.5. The summed E-state index contributed by atoms with van der Waals surface area (Å²) in [6.45, 7) is 4.52. The summed E-state index contributed by atoms with van der Waals surface area (Å²) in [7, 11) is 0.00946. The van der Waals surface area contributed by atoms with Crippen molar-refractivity contribution in [3.8, 4) is 11.1 Å². The molecule has 0 aliphatic rings. The van der Waals surface area contributed by atoms with Crippen molar-refractivity contribution in [2.75, 3.05) is 0 Å². The van der Waals surface area contributed by atoms with Crippen LogP contribution in [0.15, 0.2) is 176 Å². The third kappa shape index (κ3) is 9.02. The minimum absolute atomic E-state index is 0. The number of halogens is 2. The summed E-state index contributed by atoms with van der Waals surface area (Å²) in [6, 6.07) is 61.9. The molecule has 5 heteroatoms. The van der Waals surface area contributed by atoms with Crippen molar-refractivity contribution in [3.63, 3.8) is 0 Å². The molecule has 0 aliphatic carbocycles. The predicted octanol–water partition coefficient (Wildman–Crippen LogP) is 4.32. The zero-order valence-electron chi connectivity index (χ0n) is 28.1. The van der Waals surface area contributed by atoms with Crippen molar-refractivity contribution in [2.45, 2.75) is 32.1 Å². The lowest BCUT2D eigenvalue weighted by Crippen LogP contribution is -3.00. The number of fused-ring (bicyclic) bond motifs is 1. The first-order valence-electron chi connectivity index (χ1n) is 16.4. The van der Waals surface area contributed by atoms with Crippen LogP contribution >= 0.6 is 16.5 Å². The molecule has 0 saturated carbocycles. The first-order chi connectivity index (χ1) is 23.1. The molecule has 0 bridgehead atoms. The fourth-order valence-corrected chi connectivity index (χ4v) is 10.9. The molecular weight excluding hydrogens is 764 g/mol. The number of benzene rings is 6. The molecule has 0 radical (unpaired) electrons. The molecule has 1 unspecified atom stereocenters. The van der Waals surface area contributed by atoms with Crippen LogP contribution in [0.5, 0.6) is 0 Å². The Morgan fingerprint density at radius 1 is 0.551 bits per heavy atom. The Hall–Kier alpha value is -3.45. The van der Waals surface area contributed by atoms with Crippen molar-refractivity contribution in [3.05, 3.63) is 193 Å². The van der Waals surface area contributed by atoms with Gasteiger partial charge < -0.3 is 34.0 Å². The first-order valence-corrected chi connectivity index (χ1v) is 19.4. The van der Waals surface area contributed by atoms with Gasteiger partial charge in [0.1, 0.15) is 23.2 Å². The maximum Gasteiger partial charge on any atom is 0.116 e. The Kier molecular flexibility index (Phi) is 14.5. The summed E-state index contributed by atoms with van der Waals surface area (Å²) >= 11 is 0. The Labute approximate surface area is 316 Å². The normalized spacial score (nSPS) is 10.8. The Balaban J connectivity index is 0.000000478. The van der Waals surface area contributed by atoms with Crippen LogP contribution in [0.1, 0.15) is 36.5 Å². The van der Waals surface area contributed by atoms with Crippen LogP contribution in [0.2, 0.25) is 0 Å². The number of hydrogen-bond donors (Lipinski definition) is 0. The molecule has 6 aromatic carbocycles. The molecule has 0 saturated heterocycles. The Bertz CT molecular complexity index is 1920. The molecule has 7 rings (SSSR count). The SMILES string of the molecule is CC(C)c1cc(-c2cccc(C[P+](c3ccccc3)(c3ccccc3)c3ccccc3)c2)c2ncccc2c1.[Br-].[Br-].[PH3+]Cc1ccccc1. The van der Waals surface area contributed by atoms with Gasteiger partial charge in [-0.25, -0.2) is 0 Å². The molecule has 1 aromatic heterocycles. The van der Waals surface area contributed by atoms with E-state index in [1.54, 1.807) is 0 Å². The van der Waals surface area contributed by atoms with Gasteiger partial charge in [0, 0.05) is 17.1 Å². The second-order valence-electron chi connectivity index (χ2n) is 12.2. The number of pyridine rings is 1. The van der Waals surface area contributed by atoms with E-state index in [1.807, 2.05) is 27.6 Å². The summed E-state index contributed by atoms with van der Waals surface area (Å²) in [5.41, 5.74) is 7.61. The molecule has 0 fully saturated rings. The van der Waals surface area contributed by atoms with Crippen molar-refractivity contribution >= 4 is 43.3 Å². The van der Waals surface area contributed by atoms with Gasteiger partial charge in [0.2, 0.25) is 0 Å². The summed E-state index contributed by atoms with van der Waals surface area (Å²) in [5, 5.41) is 5.41. The highest BCUT2D eigenvalue weighted by atomic mass is 79.9. The van der Waals surface area contributed by atoms with Gasteiger partial charge in [0.15, 0.2) is 0 Å². The second kappa shape index (κ2) is 18.5. The van der Waals surface area contributed by atoms with Gasteiger partial charge in [-0.15, -0.1) is 0 Å². The maximum absolute atomic E-state index is 4.81. The van der Waals surface area contributed by atoms with Gasteiger partial charge in [-0.05, 0) is 98.1 Å². The minimum Gasteiger partial charge on any atom is -1.00 e. The lowest BCUT2D eigenvalue weighted by molar-refractivity contribution is -0.001000. The van der Waals surface area contributed by atoms with Crippen LogP contribution < -0.4 is 49.9 Å². The van der Waals surface area contributed by atoms with Crippen molar-refractivity contribution in [1.29, 1.82) is 0 Å². The number of hydrogen-bond acceptors (Lipinski definition) is 1. The first kappa shape index (κ1) is 38.4. The van der Waals surface area contributed by atoms with Crippen LogP contribution in [-0.2, 0) is 12.3 Å². The van der Waals surface area contributed by atoms with Gasteiger partial charge in [-0.3, -0.25) is 4.98 Å². The molecule has 248 valence electrons. The number of nitrogens with zero attached hydrogens (tertiary/aromatic N) is 1. The molecule has 0 amide bonds. The summed E-state index contributed by atoms with van der Waals surface area (Å²) in [6.07, 6.45) is 4.02. The van der Waals surface area contributed by atoms with Crippen LogP contribution in [0, 0.1) is 0 Å². The second-order valence-corrected chi connectivity index (χ2v) is 16.2. The zero-order valence-corrected chi connectivity index (χ0v) is 33.6. The average molecular weight is 808 g/mol. The van der Waals surface area contributed by atoms with E-state index in [2.05, 4.69) is 172 Å². The van der Waals surface area contributed by atoms with E-state index < -0.39 is 7.26 Å². The highest BCUT2D eigenvalue weighted by molar-refractivity contribution is 7.95. The molecule has 7 aromatic rings. The fourth-order valence-electron chi connectivity index (χ4n) is 6.29. The van der Waals surface area contributed by atoms with Crippen molar-refractivity contribution in [1.82, 2.24) is 4.98 Å². The maximum atomic E-state index is 4.81. The van der Waals surface area contributed by atoms with E-state index in [9.17, 15) is 0 Å². The third-order valence-corrected chi connectivity index (χ3v) is 13.7. The molecule has 0 aliphatic heterocycles. The molecule has 1 heterocycles. The smallest absolute Gasteiger partial charge is 0.116 e. The van der Waals surface area contributed by atoms with Gasteiger partial charge in [-0.1, -0.05) is 123 Å². The third-order valence-electron chi connectivity index (χ3n) is 8.77. The molecule has 0 spiro atoms. The van der Waals surface area contributed by atoms with Crippen LogP contribution in [0.25, 0.3) is 22.0 Å². The summed E-state index contributed by atoms with van der Waals surface area (Å²) in [5.74, 6) is 0.448. The highest BCUT2D eigenvalue weighted by Gasteiger charge is 2.45. The lowest BCUT2D eigenvalue weighted by Gasteiger charge is -2.28. The van der Waals surface area contributed by atoms with Crippen LogP contribution in [0.4, 0.5) is 0 Å². The quantitative estimate of drug-likeness (QED) is 0.209. The highest BCUT2D eigenvalue weighted by Crippen LogP contribution is 2.58. The topological polar surface area (TPSA) is 12.9 Å². The summed E-state index contributed by atoms with van der Waals surface area (Å²) < 4.78 is 0. The predicted molar refractivity (Wildman–Crippen MR) is 211 cm³/mol. The average Bonchev–Trinajstić information content (AvgIpc) is 3.15. The molecule has 49 heavy (non-hydrogen) atoms. The van der Waals surface area contributed by atoms with E-state index in [4.69, 9.17) is 4.98 Å².